The molecule has 0 bridgehead atoms. The van der Waals surface area contributed by atoms with Gasteiger partial charge in [-0.25, -0.2) is 9.97 Å². The molecule has 0 spiro atoms. The number of guanidine groups is 1. The Morgan fingerprint density at radius 1 is 1.19 bits per heavy atom. The van der Waals surface area contributed by atoms with Crippen LogP contribution in [-0.4, -0.2) is 63.0 Å². The molecule has 0 aliphatic carbocycles. The largest absolute Gasteiger partial charge is 0.352 e. The number of aryl methyl sites for hydroxylation is 2. The molecular weight excluding hydrogens is 408 g/mol. The van der Waals surface area contributed by atoms with Gasteiger partial charge in [0.2, 0.25) is 5.13 Å². The molecular formula is C22H30N8S. The molecule has 0 saturated carbocycles. The third-order valence-electron chi connectivity index (χ3n) is 5.55. The minimum Gasteiger partial charge on any atom is -0.352 e. The van der Waals surface area contributed by atoms with Crippen LogP contribution >= 0.6 is 11.5 Å². The van der Waals surface area contributed by atoms with E-state index in [1.807, 2.05) is 26.4 Å². The molecule has 0 amide bonds. The van der Waals surface area contributed by atoms with E-state index in [1.54, 1.807) is 0 Å². The number of hydrogen-bond acceptors (Lipinski definition) is 6. The van der Waals surface area contributed by atoms with Crippen molar-refractivity contribution < 1.29 is 0 Å². The topological polar surface area (TPSA) is 74.5 Å². The summed E-state index contributed by atoms with van der Waals surface area (Å²) in [7, 11) is 1.85. The summed E-state index contributed by atoms with van der Waals surface area (Å²) in [4.78, 5) is 18.1. The van der Waals surface area contributed by atoms with Gasteiger partial charge in [0.15, 0.2) is 5.96 Å². The third kappa shape index (κ3) is 5.22. The van der Waals surface area contributed by atoms with E-state index in [1.165, 1.54) is 22.7 Å². The Balaban J connectivity index is 1.31. The van der Waals surface area contributed by atoms with Crippen LogP contribution < -0.4 is 10.2 Å². The first kappa shape index (κ1) is 21.3. The van der Waals surface area contributed by atoms with Crippen molar-refractivity contribution in [2.24, 2.45) is 4.99 Å². The smallest absolute Gasteiger partial charge is 0.205 e. The quantitative estimate of drug-likeness (QED) is 0.471. The van der Waals surface area contributed by atoms with Gasteiger partial charge in [0.05, 0.1) is 0 Å². The molecule has 0 unspecified atom stereocenters. The van der Waals surface area contributed by atoms with Crippen molar-refractivity contribution in [1.82, 2.24) is 29.1 Å². The maximum absolute atomic E-state index is 4.62. The van der Waals surface area contributed by atoms with Crippen LogP contribution in [0.15, 0.2) is 41.7 Å². The summed E-state index contributed by atoms with van der Waals surface area (Å²) in [5.74, 6) is 2.91. The van der Waals surface area contributed by atoms with Crippen LogP contribution in [0.25, 0.3) is 0 Å². The van der Waals surface area contributed by atoms with Gasteiger partial charge in [-0.3, -0.25) is 4.99 Å². The Labute approximate surface area is 187 Å². The van der Waals surface area contributed by atoms with Gasteiger partial charge in [-0.2, -0.15) is 4.37 Å². The predicted octanol–water partition coefficient (Wildman–Crippen LogP) is 2.55. The minimum atomic E-state index is 0.750. The Kier molecular flexibility index (Phi) is 6.81. The fourth-order valence-corrected chi connectivity index (χ4v) is 4.55. The highest BCUT2D eigenvalue weighted by Crippen LogP contribution is 2.19. The average Bonchev–Trinajstić information content (AvgIpc) is 3.44. The van der Waals surface area contributed by atoms with E-state index in [9.17, 15) is 0 Å². The number of piperazine rings is 1. The zero-order valence-electron chi connectivity index (χ0n) is 18.5. The zero-order valence-corrected chi connectivity index (χ0v) is 19.3. The highest BCUT2D eigenvalue weighted by atomic mass is 32.1. The Morgan fingerprint density at radius 2 is 2.00 bits per heavy atom. The molecule has 31 heavy (non-hydrogen) atoms. The highest BCUT2D eigenvalue weighted by Gasteiger charge is 2.22. The van der Waals surface area contributed by atoms with E-state index >= 15 is 0 Å². The summed E-state index contributed by atoms with van der Waals surface area (Å²) < 4.78 is 6.57. The first-order valence-corrected chi connectivity index (χ1v) is 11.5. The molecule has 1 fully saturated rings. The molecule has 0 radical (unpaired) electrons. The number of hydrogen-bond donors (Lipinski definition) is 1. The molecule has 3 aromatic rings. The number of anilines is 1. The van der Waals surface area contributed by atoms with Crippen molar-refractivity contribution in [3.63, 3.8) is 0 Å². The Bertz CT molecular complexity index is 1020. The van der Waals surface area contributed by atoms with E-state index in [4.69, 9.17) is 0 Å². The number of rotatable bonds is 6. The van der Waals surface area contributed by atoms with Crippen molar-refractivity contribution in [3.8, 4) is 0 Å². The van der Waals surface area contributed by atoms with Gasteiger partial charge in [0.25, 0.3) is 0 Å². The minimum absolute atomic E-state index is 0.750. The molecule has 1 aliphatic rings. The summed E-state index contributed by atoms with van der Waals surface area (Å²) in [5, 5.41) is 4.57. The van der Waals surface area contributed by atoms with E-state index in [2.05, 4.69) is 70.2 Å². The van der Waals surface area contributed by atoms with Gasteiger partial charge < -0.3 is 19.7 Å². The Hall–Kier alpha value is -2.94. The molecule has 4 rings (SSSR count). The second-order valence-corrected chi connectivity index (χ2v) is 8.37. The van der Waals surface area contributed by atoms with Crippen LogP contribution in [0, 0.1) is 6.92 Å². The van der Waals surface area contributed by atoms with Gasteiger partial charge in [0.1, 0.15) is 11.6 Å². The van der Waals surface area contributed by atoms with E-state index in [-0.39, 0.29) is 0 Å². The zero-order chi connectivity index (χ0) is 21.6. The number of aromatic nitrogens is 4. The molecule has 2 aromatic heterocycles. The molecule has 8 nitrogen and oxygen atoms in total. The van der Waals surface area contributed by atoms with Crippen LogP contribution in [0.4, 0.5) is 5.13 Å². The molecule has 1 N–H and O–H groups in total. The molecule has 1 aliphatic heterocycles. The van der Waals surface area contributed by atoms with E-state index in [0.717, 1.165) is 68.4 Å². The highest BCUT2D eigenvalue weighted by molar-refractivity contribution is 7.09. The number of imidazole rings is 1. The SMILES string of the molecule is CCc1nsc(N2CCN(C(=NC)NCc3cccc(Cn4ccnc4C)c3)CC2)n1. The molecule has 164 valence electrons. The van der Waals surface area contributed by atoms with Gasteiger partial charge >= 0.3 is 0 Å². The second-order valence-electron chi connectivity index (χ2n) is 7.64. The maximum Gasteiger partial charge on any atom is 0.205 e. The molecule has 3 heterocycles. The monoisotopic (exact) mass is 438 g/mol. The van der Waals surface area contributed by atoms with Crippen LogP contribution in [0.3, 0.4) is 0 Å². The predicted molar refractivity (Wildman–Crippen MR) is 126 cm³/mol. The Morgan fingerprint density at radius 3 is 2.68 bits per heavy atom. The molecule has 1 aromatic carbocycles. The number of nitrogens with zero attached hydrogens (tertiary/aromatic N) is 7. The lowest BCUT2D eigenvalue weighted by Gasteiger charge is -2.36. The fraction of sp³-hybridized carbons (Fsp3) is 0.455. The fourth-order valence-electron chi connectivity index (χ4n) is 3.75. The summed E-state index contributed by atoms with van der Waals surface area (Å²) in [6.45, 7) is 9.40. The van der Waals surface area contributed by atoms with Crippen molar-refractivity contribution in [2.75, 3.05) is 38.1 Å². The summed E-state index contributed by atoms with van der Waals surface area (Å²) >= 11 is 1.50. The van der Waals surface area contributed by atoms with E-state index in [0.29, 0.717) is 0 Å². The van der Waals surface area contributed by atoms with Gasteiger partial charge in [-0.15, -0.1) is 0 Å². The molecule has 1 saturated heterocycles. The van der Waals surface area contributed by atoms with Gasteiger partial charge in [0, 0.05) is 76.7 Å². The van der Waals surface area contributed by atoms with Crippen molar-refractivity contribution in [2.45, 2.75) is 33.4 Å². The van der Waals surface area contributed by atoms with E-state index < -0.39 is 0 Å². The average molecular weight is 439 g/mol. The van der Waals surface area contributed by atoms with Gasteiger partial charge in [-0.05, 0) is 18.1 Å². The number of aliphatic imine (C=N–C) groups is 1. The summed E-state index contributed by atoms with van der Waals surface area (Å²) in [6.07, 6.45) is 4.75. The number of benzene rings is 1. The second kappa shape index (κ2) is 9.91. The lowest BCUT2D eigenvalue weighted by molar-refractivity contribution is 0.372. The summed E-state index contributed by atoms with van der Waals surface area (Å²) in [6, 6.07) is 8.68. The first-order chi connectivity index (χ1) is 15.2. The number of nitrogens with one attached hydrogen (secondary N) is 1. The lowest BCUT2D eigenvalue weighted by atomic mass is 10.1. The van der Waals surface area contributed by atoms with Crippen molar-refractivity contribution >= 4 is 22.6 Å². The van der Waals surface area contributed by atoms with Crippen molar-refractivity contribution in [1.29, 1.82) is 0 Å². The first-order valence-electron chi connectivity index (χ1n) is 10.7. The molecule has 9 heteroatoms. The maximum atomic E-state index is 4.62. The summed E-state index contributed by atoms with van der Waals surface area (Å²) in [5.41, 5.74) is 2.52. The van der Waals surface area contributed by atoms with Crippen molar-refractivity contribution in [3.05, 3.63) is 59.4 Å². The van der Waals surface area contributed by atoms with Gasteiger partial charge in [-0.1, -0.05) is 31.2 Å². The standard InChI is InChI=1S/C22H30N8S/c1-4-20-26-22(31-27-20)29-12-10-28(11-13-29)21(23-3)25-15-18-6-5-7-19(14-18)16-30-9-8-24-17(30)2/h5-9,14H,4,10-13,15-16H2,1-3H3,(H,23,25). The third-order valence-corrected chi connectivity index (χ3v) is 6.37. The van der Waals surface area contributed by atoms with Crippen LogP contribution in [0.2, 0.25) is 0 Å². The lowest BCUT2D eigenvalue weighted by Crippen LogP contribution is -2.52. The molecule has 0 atom stereocenters. The van der Waals surface area contributed by atoms with Crippen LogP contribution in [0.1, 0.15) is 29.7 Å². The van der Waals surface area contributed by atoms with Crippen LogP contribution in [-0.2, 0) is 19.5 Å². The normalized spacial score (nSPS) is 14.9. The van der Waals surface area contributed by atoms with Crippen LogP contribution in [0.5, 0.6) is 0 Å².